The van der Waals surface area contributed by atoms with Crippen LogP contribution < -0.4 is 0 Å². The molecule has 6 heteroatoms. The Morgan fingerprint density at radius 3 is 2.33 bits per heavy atom. The zero-order chi connectivity index (χ0) is 15.8. The Kier molecular flexibility index (Phi) is 4.05. The molecule has 0 atom stereocenters. The summed E-state index contributed by atoms with van der Waals surface area (Å²) in [7, 11) is 0. The number of ketones is 1. The van der Waals surface area contributed by atoms with Gasteiger partial charge in [0.1, 0.15) is 5.82 Å². The van der Waals surface area contributed by atoms with Crippen molar-refractivity contribution < 1.29 is 22.4 Å². The number of rotatable bonds is 2. The van der Waals surface area contributed by atoms with Crippen molar-refractivity contribution in [1.82, 2.24) is 0 Å². The summed E-state index contributed by atoms with van der Waals surface area (Å²) in [6.07, 6.45) is -4.50. The van der Waals surface area contributed by atoms with E-state index < -0.39 is 23.3 Å². The Labute approximate surface area is 123 Å². The van der Waals surface area contributed by atoms with Gasteiger partial charge in [0, 0.05) is 5.56 Å². The van der Waals surface area contributed by atoms with Gasteiger partial charge in [0.05, 0.1) is 16.1 Å². The Balaban J connectivity index is 2.50. The number of benzene rings is 2. The van der Waals surface area contributed by atoms with Gasteiger partial charge in [0.2, 0.25) is 0 Å². The summed E-state index contributed by atoms with van der Waals surface area (Å²) in [5.41, 5.74) is -1.12. The zero-order valence-corrected chi connectivity index (χ0v) is 11.5. The summed E-state index contributed by atoms with van der Waals surface area (Å²) >= 11 is 5.79. The maximum atomic E-state index is 13.7. The molecule has 2 aromatic carbocycles. The van der Waals surface area contributed by atoms with E-state index in [0.717, 1.165) is 24.3 Å². The molecule has 0 saturated heterocycles. The molecule has 110 valence electrons. The zero-order valence-electron chi connectivity index (χ0n) is 10.8. The van der Waals surface area contributed by atoms with E-state index in [4.69, 9.17) is 11.6 Å². The Bertz CT molecular complexity index is 687. The van der Waals surface area contributed by atoms with Crippen molar-refractivity contribution in [2.75, 3.05) is 0 Å². The Morgan fingerprint density at radius 1 is 1.14 bits per heavy atom. The molecule has 21 heavy (non-hydrogen) atoms. The lowest BCUT2D eigenvalue weighted by Gasteiger charge is -2.11. The molecule has 0 aliphatic carbocycles. The average Bonchev–Trinajstić information content (AvgIpc) is 2.37. The molecule has 0 spiro atoms. The molecular weight excluding hydrogens is 308 g/mol. The highest BCUT2D eigenvalue weighted by molar-refractivity contribution is 6.35. The molecule has 0 heterocycles. The molecule has 0 saturated carbocycles. The molecule has 2 aromatic rings. The second-order valence-corrected chi connectivity index (χ2v) is 4.86. The number of alkyl halides is 3. The van der Waals surface area contributed by atoms with Gasteiger partial charge in [0.25, 0.3) is 0 Å². The van der Waals surface area contributed by atoms with E-state index >= 15 is 0 Å². The third-order valence-corrected chi connectivity index (χ3v) is 3.30. The fraction of sp³-hybridized carbons (Fsp3) is 0.133. The number of carbonyl (C=O) groups is 1. The fourth-order valence-electron chi connectivity index (χ4n) is 1.94. The van der Waals surface area contributed by atoms with E-state index in [1.54, 1.807) is 0 Å². The first kappa shape index (κ1) is 15.5. The van der Waals surface area contributed by atoms with Gasteiger partial charge in [-0.25, -0.2) is 4.39 Å². The van der Waals surface area contributed by atoms with Gasteiger partial charge in [-0.2, -0.15) is 13.2 Å². The molecule has 0 radical (unpaired) electrons. The summed E-state index contributed by atoms with van der Waals surface area (Å²) in [6.45, 7) is 1.36. The summed E-state index contributed by atoms with van der Waals surface area (Å²) in [4.78, 5) is 12.3. The molecule has 0 aliphatic heterocycles. The fourth-order valence-corrected chi connectivity index (χ4v) is 2.19. The lowest BCUT2D eigenvalue weighted by Crippen LogP contribution is -2.10. The standard InChI is InChI=1S/C15H9ClF4O/c1-8-7-9(15(18,19)20)5-6-10(8)14(21)13-11(16)3-2-4-12(13)17/h2-7H,1H3. The average molecular weight is 317 g/mol. The van der Waals surface area contributed by atoms with E-state index in [2.05, 4.69) is 0 Å². The van der Waals surface area contributed by atoms with Crippen molar-refractivity contribution in [3.8, 4) is 0 Å². The van der Waals surface area contributed by atoms with Gasteiger partial charge in [-0.05, 0) is 36.8 Å². The Morgan fingerprint density at radius 2 is 1.81 bits per heavy atom. The number of hydrogen-bond donors (Lipinski definition) is 0. The summed E-state index contributed by atoms with van der Waals surface area (Å²) in [5, 5.41) is -0.0840. The number of carbonyl (C=O) groups excluding carboxylic acids is 1. The van der Waals surface area contributed by atoms with Crippen LogP contribution in [0.4, 0.5) is 17.6 Å². The van der Waals surface area contributed by atoms with Gasteiger partial charge in [-0.3, -0.25) is 4.79 Å². The minimum absolute atomic E-state index is 0.0185. The first-order valence-electron chi connectivity index (χ1n) is 5.88. The van der Waals surface area contributed by atoms with E-state index in [1.807, 2.05) is 0 Å². The van der Waals surface area contributed by atoms with E-state index in [9.17, 15) is 22.4 Å². The second kappa shape index (κ2) is 5.48. The minimum Gasteiger partial charge on any atom is -0.288 e. The summed E-state index contributed by atoms with van der Waals surface area (Å²) in [5.74, 6) is -1.56. The van der Waals surface area contributed by atoms with Crippen LogP contribution in [-0.2, 0) is 6.18 Å². The van der Waals surface area contributed by atoms with Crippen molar-refractivity contribution in [2.24, 2.45) is 0 Å². The minimum atomic E-state index is -4.50. The molecule has 0 aromatic heterocycles. The third-order valence-electron chi connectivity index (χ3n) is 2.99. The van der Waals surface area contributed by atoms with Gasteiger partial charge >= 0.3 is 6.18 Å². The molecule has 0 fully saturated rings. The molecule has 0 amide bonds. The normalized spacial score (nSPS) is 11.5. The monoisotopic (exact) mass is 316 g/mol. The van der Waals surface area contributed by atoms with Crippen LogP contribution >= 0.6 is 11.6 Å². The molecule has 0 aliphatic rings. The van der Waals surface area contributed by atoms with E-state index in [0.29, 0.717) is 0 Å². The van der Waals surface area contributed by atoms with Crippen molar-refractivity contribution in [2.45, 2.75) is 13.1 Å². The highest BCUT2D eigenvalue weighted by Crippen LogP contribution is 2.31. The second-order valence-electron chi connectivity index (χ2n) is 4.45. The lowest BCUT2D eigenvalue weighted by atomic mass is 9.97. The molecule has 1 nitrogen and oxygen atoms in total. The van der Waals surface area contributed by atoms with E-state index in [-0.39, 0.29) is 21.7 Å². The Hall–Kier alpha value is -1.88. The first-order chi connectivity index (χ1) is 9.71. The lowest BCUT2D eigenvalue weighted by molar-refractivity contribution is -0.137. The van der Waals surface area contributed by atoms with E-state index in [1.165, 1.54) is 19.1 Å². The van der Waals surface area contributed by atoms with Crippen LogP contribution in [0.15, 0.2) is 36.4 Å². The van der Waals surface area contributed by atoms with Gasteiger partial charge in [-0.1, -0.05) is 23.7 Å². The largest absolute Gasteiger partial charge is 0.416 e. The predicted octanol–water partition coefficient (Wildman–Crippen LogP) is 5.04. The highest BCUT2D eigenvalue weighted by atomic mass is 35.5. The topological polar surface area (TPSA) is 17.1 Å². The van der Waals surface area contributed by atoms with Crippen LogP contribution in [0.5, 0.6) is 0 Å². The molecule has 0 unspecified atom stereocenters. The third kappa shape index (κ3) is 3.08. The van der Waals surface area contributed by atoms with Crippen molar-refractivity contribution in [3.63, 3.8) is 0 Å². The van der Waals surface area contributed by atoms with Crippen LogP contribution in [0.2, 0.25) is 5.02 Å². The summed E-state index contributed by atoms with van der Waals surface area (Å²) in [6, 6.07) is 6.42. The van der Waals surface area contributed by atoms with Crippen molar-refractivity contribution in [1.29, 1.82) is 0 Å². The quantitative estimate of drug-likeness (QED) is 0.560. The maximum absolute atomic E-state index is 13.7. The smallest absolute Gasteiger partial charge is 0.288 e. The summed E-state index contributed by atoms with van der Waals surface area (Å²) < 4.78 is 51.5. The van der Waals surface area contributed by atoms with Gasteiger partial charge < -0.3 is 0 Å². The van der Waals surface area contributed by atoms with Crippen molar-refractivity contribution in [3.05, 3.63) is 69.5 Å². The SMILES string of the molecule is Cc1cc(C(F)(F)F)ccc1C(=O)c1c(F)cccc1Cl. The number of hydrogen-bond acceptors (Lipinski definition) is 1. The van der Waals surface area contributed by atoms with Crippen LogP contribution in [0.1, 0.15) is 27.0 Å². The molecule has 0 N–H and O–H groups in total. The maximum Gasteiger partial charge on any atom is 0.416 e. The molecule has 0 bridgehead atoms. The predicted molar refractivity (Wildman–Crippen MR) is 71.0 cm³/mol. The molecule has 2 rings (SSSR count). The van der Waals surface area contributed by atoms with Crippen LogP contribution in [-0.4, -0.2) is 5.78 Å². The van der Waals surface area contributed by atoms with Crippen molar-refractivity contribution >= 4 is 17.4 Å². The van der Waals surface area contributed by atoms with Crippen LogP contribution in [0, 0.1) is 12.7 Å². The van der Waals surface area contributed by atoms with Gasteiger partial charge in [0.15, 0.2) is 5.78 Å². The number of halogens is 5. The van der Waals surface area contributed by atoms with Gasteiger partial charge in [-0.15, -0.1) is 0 Å². The number of aryl methyl sites for hydroxylation is 1. The first-order valence-corrected chi connectivity index (χ1v) is 6.26. The van der Waals surface area contributed by atoms with Crippen LogP contribution in [0.25, 0.3) is 0 Å². The highest BCUT2D eigenvalue weighted by Gasteiger charge is 2.31. The molecular formula is C15H9ClF4O. The van der Waals surface area contributed by atoms with Crippen LogP contribution in [0.3, 0.4) is 0 Å².